The lowest BCUT2D eigenvalue weighted by Crippen LogP contribution is -2.38. The van der Waals surface area contributed by atoms with Crippen molar-refractivity contribution < 1.29 is 31.6 Å². The van der Waals surface area contributed by atoms with E-state index in [1.54, 1.807) is 6.92 Å². The molecule has 2 aromatic rings. The van der Waals surface area contributed by atoms with Crippen molar-refractivity contribution in [2.75, 3.05) is 12.3 Å². The van der Waals surface area contributed by atoms with Gasteiger partial charge in [0.25, 0.3) is 0 Å². The number of nitrogen functional groups attached to an aromatic ring is 1. The molecule has 3 rings (SSSR count). The van der Waals surface area contributed by atoms with Gasteiger partial charge in [0, 0.05) is 15.6 Å². The minimum atomic E-state index is -1.34. The van der Waals surface area contributed by atoms with E-state index in [1.807, 2.05) is 0 Å². The first kappa shape index (κ1) is 18.3. The molecule has 3 heterocycles. The molecule has 29 heavy (non-hydrogen) atoms. The van der Waals surface area contributed by atoms with Crippen molar-refractivity contribution in [1.82, 2.24) is 19.5 Å². The molecular weight excluding hydrogens is 382 g/mol. The first-order chi connectivity index (χ1) is 14.7. The average molecular weight is 409 g/mol. The molecule has 3 unspecified atom stereocenters. The van der Waals surface area contributed by atoms with E-state index < -0.39 is 49.3 Å². The normalized spacial score (nSPS) is 27.1. The van der Waals surface area contributed by atoms with Crippen molar-refractivity contribution in [3.63, 3.8) is 0 Å². The number of rotatable bonds is 8. The van der Waals surface area contributed by atoms with Gasteiger partial charge in [-0.3, -0.25) is 14.2 Å². The molecule has 1 aliphatic heterocycles. The van der Waals surface area contributed by atoms with Gasteiger partial charge in [-0.05, 0) is 12.8 Å². The van der Waals surface area contributed by atoms with Gasteiger partial charge in [0.1, 0.15) is 30.7 Å². The SMILES string of the molecule is [2H]C(C)CC(=O)OC[C@H]1OC(n2cnc3c(N)ncnc32)[C@@H](O)[C@@H]1OC(=O)CC([2H])C. The largest absolute Gasteiger partial charge is 0.463 e. The molecule has 0 amide bonds. The van der Waals surface area contributed by atoms with Gasteiger partial charge in [-0.15, -0.1) is 0 Å². The van der Waals surface area contributed by atoms with Crippen molar-refractivity contribution in [1.29, 1.82) is 0 Å². The monoisotopic (exact) mass is 409 g/mol. The third kappa shape index (κ3) is 4.46. The number of carbonyl (C=O) groups is 2. The Morgan fingerprint density at radius 3 is 2.72 bits per heavy atom. The van der Waals surface area contributed by atoms with Gasteiger partial charge < -0.3 is 25.1 Å². The third-order valence-corrected chi connectivity index (χ3v) is 4.39. The van der Waals surface area contributed by atoms with Crippen LogP contribution in [0, 0.1) is 0 Å². The second-order valence-electron chi connectivity index (χ2n) is 6.50. The Kier molecular flexibility index (Phi) is 5.75. The number of aliphatic hydroxyl groups is 1. The van der Waals surface area contributed by atoms with Gasteiger partial charge in [-0.2, -0.15) is 0 Å². The third-order valence-electron chi connectivity index (χ3n) is 4.39. The number of hydrogen-bond donors (Lipinski definition) is 2. The fourth-order valence-corrected chi connectivity index (χ4v) is 3.05. The van der Waals surface area contributed by atoms with Crippen molar-refractivity contribution in [2.24, 2.45) is 0 Å². The summed E-state index contributed by atoms with van der Waals surface area (Å²) in [5.41, 5.74) is 6.42. The molecule has 6 atom stereocenters. The Labute approximate surface area is 170 Å². The molecular formula is C18H25N5O6. The van der Waals surface area contributed by atoms with Crippen LogP contribution in [-0.2, 0) is 23.8 Å². The van der Waals surface area contributed by atoms with Crippen LogP contribution in [0.25, 0.3) is 11.2 Å². The number of imidazole rings is 1. The second-order valence-corrected chi connectivity index (χ2v) is 6.50. The van der Waals surface area contributed by atoms with Crippen LogP contribution in [0.15, 0.2) is 12.7 Å². The fraction of sp³-hybridized carbons (Fsp3) is 0.611. The average Bonchev–Trinajstić information content (AvgIpc) is 3.22. The summed E-state index contributed by atoms with van der Waals surface area (Å²) in [4.78, 5) is 36.1. The van der Waals surface area contributed by atoms with Crippen LogP contribution in [0.4, 0.5) is 5.82 Å². The highest BCUT2D eigenvalue weighted by atomic mass is 16.6. The van der Waals surface area contributed by atoms with Gasteiger partial charge in [0.2, 0.25) is 0 Å². The van der Waals surface area contributed by atoms with Crippen LogP contribution in [0.3, 0.4) is 0 Å². The number of anilines is 1. The molecule has 1 saturated heterocycles. The van der Waals surface area contributed by atoms with Gasteiger partial charge in [-0.25, -0.2) is 15.0 Å². The molecule has 0 spiro atoms. The van der Waals surface area contributed by atoms with E-state index in [9.17, 15) is 14.7 Å². The molecule has 0 saturated carbocycles. The number of carbonyl (C=O) groups excluding carboxylic acids is 2. The van der Waals surface area contributed by atoms with Crippen LogP contribution in [0.5, 0.6) is 0 Å². The number of aromatic nitrogens is 4. The molecule has 1 aliphatic rings. The Morgan fingerprint density at radius 2 is 2.00 bits per heavy atom. The van der Waals surface area contributed by atoms with E-state index in [2.05, 4.69) is 15.0 Å². The zero-order chi connectivity index (χ0) is 22.7. The van der Waals surface area contributed by atoms with Crippen LogP contribution < -0.4 is 5.73 Å². The summed E-state index contributed by atoms with van der Waals surface area (Å²) in [6, 6.07) is 0. The number of ether oxygens (including phenoxy) is 3. The summed E-state index contributed by atoms with van der Waals surface area (Å²) in [7, 11) is 0. The summed E-state index contributed by atoms with van der Waals surface area (Å²) in [6.45, 7) is 2.79. The number of nitrogens with zero attached hydrogens (tertiary/aromatic N) is 4. The smallest absolute Gasteiger partial charge is 0.306 e. The number of esters is 2. The maximum Gasteiger partial charge on any atom is 0.306 e. The Hall–Kier alpha value is -2.79. The summed E-state index contributed by atoms with van der Waals surface area (Å²) < 4.78 is 32.8. The number of fused-ring (bicyclic) bond motifs is 1. The van der Waals surface area contributed by atoms with Crippen molar-refractivity contribution in [3.05, 3.63) is 12.7 Å². The molecule has 158 valence electrons. The van der Waals surface area contributed by atoms with Crippen LogP contribution in [-0.4, -0.2) is 61.5 Å². The minimum absolute atomic E-state index is 0.109. The Morgan fingerprint density at radius 1 is 1.28 bits per heavy atom. The molecule has 2 aromatic heterocycles. The zero-order valence-electron chi connectivity index (χ0n) is 18.1. The molecule has 3 N–H and O–H groups in total. The molecule has 11 heteroatoms. The predicted molar refractivity (Wildman–Crippen MR) is 100 cm³/mol. The maximum absolute atomic E-state index is 12.1. The van der Waals surface area contributed by atoms with Crippen LogP contribution in [0.2, 0.25) is 0 Å². The highest BCUT2D eigenvalue weighted by molar-refractivity contribution is 5.81. The molecule has 1 fully saturated rings. The van der Waals surface area contributed by atoms with Gasteiger partial charge in [0.05, 0.1) is 6.33 Å². The first-order valence-corrected chi connectivity index (χ1v) is 9.13. The predicted octanol–water partition coefficient (Wildman–Crippen LogP) is 0.722. The van der Waals surface area contributed by atoms with Crippen molar-refractivity contribution in [3.8, 4) is 0 Å². The number of hydrogen-bond acceptors (Lipinski definition) is 10. The van der Waals surface area contributed by atoms with E-state index in [0.29, 0.717) is 11.2 Å². The molecule has 0 aliphatic carbocycles. The lowest BCUT2D eigenvalue weighted by atomic mass is 10.1. The quantitative estimate of drug-likeness (QED) is 0.597. The molecule has 11 nitrogen and oxygen atoms in total. The second kappa shape index (κ2) is 9.14. The summed E-state index contributed by atoms with van der Waals surface area (Å²) in [6.07, 6.45) is -3.52. The van der Waals surface area contributed by atoms with E-state index in [-0.39, 0.29) is 25.3 Å². The summed E-state index contributed by atoms with van der Waals surface area (Å²) >= 11 is 0. The standard InChI is InChI=1S/C18H25N5O6/c1-3-5-11(24)27-7-10-15(29-12(25)6-4-2)14(26)18(28-10)23-9-22-13-16(19)20-8-21-17(13)23/h8-10,14-15,18,26H,3-7H2,1-2H3,(H2,19,20,21)/t10-,14+,15-,18?/m1/s1/i3D,4D/t3?,4?,10-,14+,15-,18?. The topological polar surface area (TPSA) is 152 Å². The summed E-state index contributed by atoms with van der Waals surface area (Å²) in [5.74, 6) is -1.14. The van der Waals surface area contributed by atoms with Crippen molar-refractivity contribution in [2.45, 2.75) is 64.0 Å². The fourth-order valence-electron chi connectivity index (χ4n) is 3.05. The van der Waals surface area contributed by atoms with Crippen LogP contribution in [0.1, 0.15) is 48.5 Å². The number of nitrogens with two attached hydrogens (primary N) is 1. The lowest BCUT2D eigenvalue weighted by molar-refractivity contribution is -0.160. The van der Waals surface area contributed by atoms with E-state index in [0.717, 1.165) is 0 Å². The van der Waals surface area contributed by atoms with Crippen LogP contribution >= 0.6 is 0 Å². The molecule has 0 bridgehead atoms. The maximum atomic E-state index is 12.1. The Bertz CT molecular complexity index is 939. The van der Waals surface area contributed by atoms with E-state index in [1.165, 1.54) is 24.1 Å². The molecule has 0 aromatic carbocycles. The van der Waals surface area contributed by atoms with E-state index in [4.69, 9.17) is 22.7 Å². The van der Waals surface area contributed by atoms with Crippen molar-refractivity contribution >= 4 is 28.9 Å². The van der Waals surface area contributed by atoms with Gasteiger partial charge >= 0.3 is 11.9 Å². The lowest BCUT2D eigenvalue weighted by Gasteiger charge is -2.20. The van der Waals surface area contributed by atoms with Gasteiger partial charge in [-0.1, -0.05) is 13.8 Å². The minimum Gasteiger partial charge on any atom is -0.463 e. The highest BCUT2D eigenvalue weighted by Crippen LogP contribution is 2.34. The zero-order valence-corrected chi connectivity index (χ0v) is 16.1. The molecule has 0 radical (unpaired) electrons. The summed E-state index contributed by atoms with van der Waals surface area (Å²) in [5, 5.41) is 10.9. The number of aliphatic hydroxyl groups excluding tert-OH is 1. The van der Waals surface area contributed by atoms with Gasteiger partial charge in [0.15, 0.2) is 23.8 Å². The highest BCUT2D eigenvalue weighted by Gasteiger charge is 2.48. The van der Waals surface area contributed by atoms with E-state index >= 15 is 0 Å². The first-order valence-electron chi connectivity index (χ1n) is 10.3. The Balaban J connectivity index is 1.82.